The molecule has 8 nitrogen and oxygen atoms in total. The fraction of sp³-hybridized carbons (Fsp3) is 0.258. The molecule has 1 saturated carbocycles. The monoisotopic (exact) mass is 536 g/mol. The Labute approximate surface area is 228 Å². The lowest BCUT2D eigenvalue weighted by atomic mass is 9.89. The van der Waals surface area contributed by atoms with E-state index in [4.69, 9.17) is 19.0 Å². The number of ether oxygens (including phenoxy) is 2. The quantitative estimate of drug-likeness (QED) is 0.330. The number of H-pyrrole nitrogens is 1. The molecule has 0 spiro atoms. The third kappa shape index (κ3) is 3.68. The van der Waals surface area contributed by atoms with E-state index in [1.165, 1.54) is 41.9 Å². The van der Waals surface area contributed by atoms with E-state index in [1.54, 1.807) is 6.07 Å². The number of aromatic amines is 1. The molecule has 1 fully saturated rings. The topological polar surface area (TPSA) is 94.7 Å². The molecule has 9 heteroatoms. The number of nitrogens with zero attached hydrogens (tertiary/aromatic N) is 3. The second-order valence-corrected chi connectivity index (χ2v) is 10.7. The number of pyridine rings is 1. The van der Waals surface area contributed by atoms with Crippen molar-refractivity contribution < 1.29 is 18.4 Å². The fourth-order valence-corrected chi connectivity index (χ4v) is 6.05. The number of imidazole rings is 1. The van der Waals surface area contributed by atoms with E-state index in [0.29, 0.717) is 29.7 Å². The molecule has 0 atom stereocenters. The highest BCUT2D eigenvalue weighted by atomic mass is 19.1. The standard InChI is InChI=1S/C31H25FN4O4/c1-16(29-34-31(37)40-35-29)27-21-6-2-17(12-19(21)15-39-26-14-20(32)5-7-22(26)27)13-24-28(18-3-4-18)33-30-23-9-11-38-25(23)8-10-36(24)30/h2,5-8,10,12,14,18H,3-4,9,11,13,15H2,1H3,(H,34,35,37)/b27-16+. The van der Waals surface area contributed by atoms with E-state index >= 15 is 0 Å². The van der Waals surface area contributed by atoms with Crippen LogP contribution >= 0.6 is 0 Å². The van der Waals surface area contributed by atoms with Gasteiger partial charge in [-0.15, -0.1) is 0 Å². The van der Waals surface area contributed by atoms with Gasteiger partial charge in [0.1, 0.15) is 29.6 Å². The van der Waals surface area contributed by atoms with Crippen molar-refractivity contribution in [1.29, 1.82) is 0 Å². The van der Waals surface area contributed by atoms with E-state index < -0.39 is 5.76 Å². The maximum absolute atomic E-state index is 14.2. The lowest BCUT2D eigenvalue weighted by Crippen LogP contribution is -2.02. The number of rotatable bonds is 4. The van der Waals surface area contributed by atoms with Crippen LogP contribution in [0.3, 0.4) is 0 Å². The van der Waals surface area contributed by atoms with Crippen LogP contribution in [0.15, 0.2) is 58.0 Å². The average Bonchev–Trinajstić information content (AvgIpc) is 3.38. The summed E-state index contributed by atoms with van der Waals surface area (Å²) in [5.41, 5.74) is 9.85. The van der Waals surface area contributed by atoms with Crippen LogP contribution < -0.4 is 15.2 Å². The van der Waals surface area contributed by atoms with Gasteiger partial charge < -0.3 is 13.9 Å². The maximum Gasteiger partial charge on any atom is 0.439 e. The molecule has 5 heterocycles. The first-order chi connectivity index (χ1) is 19.5. The molecule has 1 aliphatic carbocycles. The first-order valence-corrected chi connectivity index (χ1v) is 13.5. The molecule has 0 radical (unpaired) electrons. The SMILES string of the molecule is C/C(=C1/c2ccc(Cc3c(C4CC4)nc4c5c(ccn34)OCC5)cc2COc2cc(F)ccc21)c1noc(=O)[nH]1. The van der Waals surface area contributed by atoms with Crippen molar-refractivity contribution in [2.24, 2.45) is 0 Å². The van der Waals surface area contributed by atoms with E-state index in [9.17, 15) is 9.18 Å². The lowest BCUT2D eigenvalue weighted by molar-refractivity contribution is 0.305. The van der Waals surface area contributed by atoms with Crippen LogP contribution in [-0.4, -0.2) is 26.1 Å². The van der Waals surface area contributed by atoms with E-state index in [1.807, 2.05) is 13.0 Å². The summed E-state index contributed by atoms with van der Waals surface area (Å²) < 4.78 is 33.2. The Bertz CT molecular complexity index is 1930. The Morgan fingerprint density at radius 1 is 1.10 bits per heavy atom. The van der Waals surface area contributed by atoms with Crippen molar-refractivity contribution in [1.82, 2.24) is 19.5 Å². The number of hydrogen-bond donors (Lipinski definition) is 1. The van der Waals surface area contributed by atoms with Gasteiger partial charge in [0.15, 0.2) is 5.82 Å². The fourth-order valence-electron chi connectivity index (χ4n) is 6.05. The van der Waals surface area contributed by atoms with E-state index in [-0.39, 0.29) is 12.4 Å². The van der Waals surface area contributed by atoms with Gasteiger partial charge in [-0.25, -0.2) is 14.2 Å². The number of allylic oxidation sites excluding steroid dienone is 1. The zero-order chi connectivity index (χ0) is 27.0. The van der Waals surface area contributed by atoms with Gasteiger partial charge in [-0.3, -0.25) is 9.51 Å². The van der Waals surface area contributed by atoms with Crippen molar-refractivity contribution in [2.45, 2.75) is 45.1 Å². The predicted octanol–water partition coefficient (Wildman–Crippen LogP) is 5.42. The minimum atomic E-state index is -0.633. The number of nitrogens with one attached hydrogen (secondary N) is 1. The Hall–Kier alpha value is -4.66. The normalized spacial score (nSPS) is 17.1. The van der Waals surface area contributed by atoms with Crippen LogP contribution in [0.2, 0.25) is 0 Å². The molecule has 3 aromatic heterocycles. The van der Waals surface area contributed by atoms with E-state index in [0.717, 1.165) is 52.1 Å². The van der Waals surface area contributed by atoms with Gasteiger partial charge in [-0.2, -0.15) is 0 Å². The summed E-state index contributed by atoms with van der Waals surface area (Å²) >= 11 is 0. The zero-order valence-corrected chi connectivity index (χ0v) is 21.8. The molecule has 40 heavy (non-hydrogen) atoms. The van der Waals surface area contributed by atoms with Crippen LogP contribution in [0.5, 0.6) is 11.5 Å². The lowest BCUT2D eigenvalue weighted by Gasteiger charge is -2.14. The van der Waals surface area contributed by atoms with Gasteiger partial charge >= 0.3 is 5.76 Å². The summed E-state index contributed by atoms with van der Waals surface area (Å²) in [6, 6.07) is 12.9. The summed E-state index contributed by atoms with van der Waals surface area (Å²) in [7, 11) is 0. The largest absolute Gasteiger partial charge is 0.493 e. The molecule has 5 aromatic rings. The minimum absolute atomic E-state index is 0.277. The highest BCUT2D eigenvalue weighted by molar-refractivity contribution is 5.99. The molecule has 2 aromatic carbocycles. The summed E-state index contributed by atoms with van der Waals surface area (Å²) in [5, 5.41) is 3.90. The van der Waals surface area contributed by atoms with Gasteiger partial charge in [-0.05, 0) is 60.2 Å². The van der Waals surface area contributed by atoms with Crippen molar-refractivity contribution in [3.63, 3.8) is 0 Å². The molecule has 0 amide bonds. The van der Waals surface area contributed by atoms with Crippen molar-refractivity contribution >= 4 is 16.8 Å². The Morgan fingerprint density at radius 3 is 2.80 bits per heavy atom. The highest BCUT2D eigenvalue weighted by Crippen LogP contribution is 2.44. The maximum atomic E-state index is 14.2. The number of hydrogen-bond acceptors (Lipinski definition) is 6. The smallest absolute Gasteiger partial charge is 0.439 e. The Morgan fingerprint density at radius 2 is 1.98 bits per heavy atom. The van der Waals surface area contributed by atoms with Gasteiger partial charge in [0.05, 0.1) is 18.0 Å². The average molecular weight is 537 g/mol. The molecule has 2 aliphatic heterocycles. The summed E-state index contributed by atoms with van der Waals surface area (Å²) in [6.45, 7) is 2.84. The van der Waals surface area contributed by atoms with Crippen molar-refractivity contribution in [2.75, 3.05) is 6.61 Å². The van der Waals surface area contributed by atoms with Crippen LogP contribution in [0.1, 0.15) is 70.7 Å². The second kappa shape index (κ2) is 8.67. The molecule has 3 aliphatic rings. The third-order valence-corrected chi connectivity index (χ3v) is 8.13. The molecule has 1 N–H and O–H groups in total. The molecule has 0 unspecified atom stereocenters. The Balaban J connectivity index is 1.25. The van der Waals surface area contributed by atoms with Crippen LogP contribution in [-0.2, 0) is 19.4 Å². The number of aromatic nitrogens is 4. The van der Waals surface area contributed by atoms with Gasteiger partial charge in [0.2, 0.25) is 0 Å². The Kier molecular flexibility index (Phi) is 5.04. The number of benzene rings is 2. The summed E-state index contributed by atoms with van der Waals surface area (Å²) in [5.74, 6) is 1.19. The van der Waals surface area contributed by atoms with Crippen LogP contribution in [0.4, 0.5) is 4.39 Å². The van der Waals surface area contributed by atoms with Crippen molar-refractivity contribution in [3.05, 3.63) is 110 Å². The second-order valence-electron chi connectivity index (χ2n) is 10.7. The van der Waals surface area contributed by atoms with Crippen LogP contribution in [0, 0.1) is 5.82 Å². The highest BCUT2D eigenvalue weighted by Gasteiger charge is 2.32. The predicted molar refractivity (Wildman–Crippen MR) is 145 cm³/mol. The molecule has 0 saturated heterocycles. The van der Waals surface area contributed by atoms with Crippen molar-refractivity contribution in [3.8, 4) is 11.5 Å². The molecule has 0 bridgehead atoms. The van der Waals surface area contributed by atoms with Gasteiger partial charge in [0, 0.05) is 47.7 Å². The van der Waals surface area contributed by atoms with Gasteiger partial charge in [-0.1, -0.05) is 23.4 Å². The first-order valence-electron chi connectivity index (χ1n) is 13.5. The molecule has 200 valence electrons. The number of fused-ring (bicyclic) bond motifs is 5. The summed E-state index contributed by atoms with van der Waals surface area (Å²) in [6.07, 6.45) is 6.01. The first kappa shape index (κ1) is 23.2. The summed E-state index contributed by atoms with van der Waals surface area (Å²) in [4.78, 5) is 19.5. The van der Waals surface area contributed by atoms with Gasteiger partial charge in [0.25, 0.3) is 0 Å². The molecular formula is C31H25FN4O4. The third-order valence-electron chi connectivity index (χ3n) is 8.13. The zero-order valence-electron chi connectivity index (χ0n) is 21.8. The number of halogens is 1. The molecular weight excluding hydrogens is 511 g/mol. The minimum Gasteiger partial charge on any atom is -0.493 e. The molecule has 8 rings (SSSR count). The van der Waals surface area contributed by atoms with Crippen LogP contribution in [0.25, 0.3) is 16.8 Å². The van der Waals surface area contributed by atoms with E-state index in [2.05, 4.69) is 38.9 Å².